The number of carbonyl (C=O) groups is 1. The molecule has 0 fully saturated rings. The molecule has 0 atom stereocenters. The van der Waals surface area contributed by atoms with Crippen LogP contribution in [0.25, 0.3) is 0 Å². The summed E-state index contributed by atoms with van der Waals surface area (Å²) in [5.74, 6) is -0.558. The Kier molecular flexibility index (Phi) is 4.37. The fourth-order valence-corrected chi connectivity index (χ4v) is 1.20. The van der Waals surface area contributed by atoms with Gasteiger partial charge in [0, 0.05) is 17.1 Å². The van der Waals surface area contributed by atoms with Gasteiger partial charge in [0.15, 0.2) is 0 Å². The molecule has 0 aliphatic heterocycles. The Balaban J connectivity index is 2.65. The van der Waals surface area contributed by atoms with E-state index in [1.807, 2.05) is 0 Å². The largest absolute Gasteiger partial charge is 0.462 e. The normalized spacial score (nSPS) is 10.0. The van der Waals surface area contributed by atoms with Crippen LogP contribution in [0.5, 0.6) is 0 Å². The van der Waals surface area contributed by atoms with Crippen LogP contribution >= 0.6 is 11.6 Å². The SMILES string of the molecule is Nc1cc(Cl)ccc1C(=O)OCCCF. The summed E-state index contributed by atoms with van der Waals surface area (Å²) in [6.07, 6.45) is 0.194. The van der Waals surface area contributed by atoms with Gasteiger partial charge in [-0.05, 0) is 18.2 Å². The van der Waals surface area contributed by atoms with E-state index in [2.05, 4.69) is 0 Å². The number of nitrogens with two attached hydrogens (primary N) is 1. The van der Waals surface area contributed by atoms with Gasteiger partial charge in [0.1, 0.15) is 0 Å². The van der Waals surface area contributed by atoms with Gasteiger partial charge >= 0.3 is 5.97 Å². The fourth-order valence-electron chi connectivity index (χ4n) is 1.02. The average molecular weight is 232 g/mol. The second-order valence-corrected chi connectivity index (χ2v) is 3.35. The maximum Gasteiger partial charge on any atom is 0.340 e. The Morgan fingerprint density at radius 1 is 1.53 bits per heavy atom. The molecule has 1 aromatic carbocycles. The van der Waals surface area contributed by atoms with E-state index in [9.17, 15) is 9.18 Å². The predicted octanol–water partition coefficient (Wildman–Crippen LogP) is 2.44. The molecule has 0 bridgehead atoms. The average Bonchev–Trinajstić information content (AvgIpc) is 2.17. The van der Waals surface area contributed by atoms with Gasteiger partial charge in [0.05, 0.1) is 18.8 Å². The molecule has 0 saturated carbocycles. The zero-order chi connectivity index (χ0) is 11.3. The Bertz CT molecular complexity index is 357. The number of alkyl halides is 1. The third-order valence-corrected chi connectivity index (χ3v) is 1.98. The first-order valence-electron chi connectivity index (χ1n) is 4.43. The van der Waals surface area contributed by atoms with Crippen LogP contribution in [0, 0.1) is 0 Å². The maximum atomic E-state index is 11.7. The number of esters is 1. The summed E-state index contributed by atoms with van der Waals surface area (Å²) in [5.41, 5.74) is 6.07. The summed E-state index contributed by atoms with van der Waals surface area (Å²) < 4.78 is 16.5. The second kappa shape index (κ2) is 5.56. The minimum atomic E-state index is -0.558. The van der Waals surface area contributed by atoms with Crippen molar-refractivity contribution < 1.29 is 13.9 Å². The summed E-state index contributed by atoms with van der Waals surface area (Å²) in [4.78, 5) is 11.4. The van der Waals surface area contributed by atoms with Gasteiger partial charge < -0.3 is 10.5 Å². The predicted molar refractivity (Wildman–Crippen MR) is 56.7 cm³/mol. The zero-order valence-corrected chi connectivity index (χ0v) is 8.76. The van der Waals surface area contributed by atoms with Crippen LogP contribution in [0.15, 0.2) is 18.2 Å². The molecule has 2 N–H and O–H groups in total. The molecule has 82 valence electrons. The molecule has 15 heavy (non-hydrogen) atoms. The van der Waals surface area contributed by atoms with Crippen molar-refractivity contribution in [3.05, 3.63) is 28.8 Å². The van der Waals surface area contributed by atoms with Crippen LogP contribution in [-0.4, -0.2) is 19.3 Å². The molecule has 0 heterocycles. The van der Waals surface area contributed by atoms with E-state index in [1.165, 1.54) is 12.1 Å². The first kappa shape index (κ1) is 11.8. The van der Waals surface area contributed by atoms with Crippen LogP contribution in [0.1, 0.15) is 16.8 Å². The molecular formula is C10H11ClFNO2. The monoisotopic (exact) mass is 231 g/mol. The summed E-state index contributed by atoms with van der Waals surface area (Å²) >= 11 is 5.67. The zero-order valence-electron chi connectivity index (χ0n) is 8.00. The van der Waals surface area contributed by atoms with Crippen LogP contribution in [-0.2, 0) is 4.74 Å². The fraction of sp³-hybridized carbons (Fsp3) is 0.300. The summed E-state index contributed by atoms with van der Waals surface area (Å²) in [6.45, 7) is -0.458. The van der Waals surface area contributed by atoms with Crippen LogP contribution in [0.4, 0.5) is 10.1 Å². The molecule has 0 amide bonds. The van der Waals surface area contributed by atoms with Crippen molar-refractivity contribution in [2.45, 2.75) is 6.42 Å². The molecular weight excluding hydrogens is 221 g/mol. The molecule has 3 nitrogen and oxygen atoms in total. The van der Waals surface area contributed by atoms with E-state index in [1.54, 1.807) is 6.07 Å². The minimum absolute atomic E-state index is 0.0530. The highest BCUT2D eigenvalue weighted by Gasteiger charge is 2.10. The van der Waals surface area contributed by atoms with Crippen LogP contribution < -0.4 is 5.73 Å². The number of carbonyl (C=O) groups excluding carboxylic acids is 1. The van der Waals surface area contributed by atoms with Crippen molar-refractivity contribution >= 4 is 23.3 Å². The van der Waals surface area contributed by atoms with Gasteiger partial charge in [-0.15, -0.1) is 0 Å². The smallest absolute Gasteiger partial charge is 0.340 e. The third kappa shape index (κ3) is 3.40. The lowest BCUT2D eigenvalue weighted by Gasteiger charge is -2.06. The van der Waals surface area contributed by atoms with E-state index >= 15 is 0 Å². The summed E-state index contributed by atoms with van der Waals surface area (Å²) in [7, 11) is 0. The number of benzene rings is 1. The van der Waals surface area contributed by atoms with Gasteiger partial charge in [-0.1, -0.05) is 11.6 Å². The van der Waals surface area contributed by atoms with E-state index in [-0.39, 0.29) is 24.3 Å². The molecule has 1 rings (SSSR count). The molecule has 1 aromatic rings. The van der Waals surface area contributed by atoms with Crippen LogP contribution in [0.3, 0.4) is 0 Å². The van der Waals surface area contributed by atoms with E-state index < -0.39 is 12.6 Å². The standard InChI is InChI=1S/C10H11ClFNO2/c11-7-2-3-8(9(13)6-7)10(14)15-5-1-4-12/h2-3,6H,1,4-5,13H2. The quantitative estimate of drug-likeness (QED) is 0.492. The summed E-state index contributed by atoms with van der Waals surface area (Å²) in [6, 6.07) is 4.49. The molecule has 5 heteroatoms. The Hall–Kier alpha value is -1.29. The number of hydrogen-bond acceptors (Lipinski definition) is 3. The van der Waals surface area contributed by atoms with Gasteiger partial charge in [-0.2, -0.15) is 0 Å². The van der Waals surface area contributed by atoms with E-state index in [0.29, 0.717) is 5.02 Å². The first-order valence-corrected chi connectivity index (χ1v) is 4.81. The Labute approximate surface area is 92.0 Å². The minimum Gasteiger partial charge on any atom is -0.462 e. The topological polar surface area (TPSA) is 52.3 Å². The lowest BCUT2D eigenvalue weighted by Crippen LogP contribution is -2.09. The lowest BCUT2D eigenvalue weighted by atomic mass is 10.2. The van der Waals surface area contributed by atoms with Gasteiger partial charge in [0.25, 0.3) is 0 Å². The Morgan fingerprint density at radius 2 is 2.27 bits per heavy atom. The number of ether oxygens (including phenoxy) is 1. The van der Waals surface area contributed by atoms with Gasteiger partial charge in [0.2, 0.25) is 0 Å². The van der Waals surface area contributed by atoms with Crippen molar-refractivity contribution in [3.63, 3.8) is 0 Å². The van der Waals surface area contributed by atoms with Crippen LogP contribution in [0.2, 0.25) is 5.02 Å². The van der Waals surface area contributed by atoms with Crippen molar-refractivity contribution in [1.29, 1.82) is 0 Å². The number of anilines is 1. The van der Waals surface area contributed by atoms with Crippen molar-refractivity contribution in [2.75, 3.05) is 19.0 Å². The highest BCUT2D eigenvalue weighted by Crippen LogP contribution is 2.18. The molecule has 0 spiro atoms. The number of hydrogen-bond donors (Lipinski definition) is 1. The highest BCUT2D eigenvalue weighted by molar-refractivity contribution is 6.31. The molecule has 0 aromatic heterocycles. The first-order chi connectivity index (χ1) is 7.15. The maximum absolute atomic E-state index is 11.7. The molecule has 0 aliphatic carbocycles. The highest BCUT2D eigenvalue weighted by atomic mass is 35.5. The molecule has 0 aliphatic rings. The third-order valence-electron chi connectivity index (χ3n) is 1.74. The van der Waals surface area contributed by atoms with Crippen molar-refractivity contribution in [2.24, 2.45) is 0 Å². The Morgan fingerprint density at radius 3 is 2.87 bits per heavy atom. The lowest BCUT2D eigenvalue weighted by molar-refractivity contribution is 0.0495. The second-order valence-electron chi connectivity index (χ2n) is 2.91. The molecule has 0 unspecified atom stereocenters. The van der Waals surface area contributed by atoms with Gasteiger partial charge in [-0.3, -0.25) is 4.39 Å². The van der Waals surface area contributed by atoms with Crippen molar-refractivity contribution in [1.82, 2.24) is 0 Å². The molecule has 0 saturated heterocycles. The molecule has 0 radical (unpaired) electrons. The number of halogens is 2. The van der Waals surface area contributed by atoms with E-state index in [0.717, 1.165) is 0 Å². The van der Waals surface area contributed by atoms with E-state index in [4.69, 9.17) is 22.1 Å². The number of nitrogen functional groups attached to an aromatic ring is 1. The number of rotatable bonds is 4. The van der Waals surface area contributed by atoms with Gasteiger partial charge in [-0.25, -0.2) is 4.79 Å². The van der Waals surface area contributed by atoms with Crippen molar-refractivity contribution in [3.8, 4) is 0 Å². The summed E-state index contributed by atoms with van der Waals surface area (Å²) in [5, 5.41) is 0.452.